The molecule has 1 aromatic heterocycles. The molecule has 1 aliphatic rings. The zero-order valence-electron chi connectivity index (χ0n) is 9.83. The van der Waals surface area contributed by atoms with Crippen molar-refractivity contribution in [3.8, 4) is 0 Å². The Morgan fingerprint density at radius 1 is 1.22 bits per heavy atom. The summed E-state index contributed by atoms with van der Waals surface area (Å²) >= 11 is 3.29. The Labute approximate surface area is 113 Å². The number of rotatable bonds is 1. The Kier molecular flexibility index (Phi) is 3.31. The molecule has 0 saturated carbocycles. The molecule has 0 atom stereocenters. The van der Waals surface area contributed by atoms with Crippen LogP contribution in [-0.2, 0) is 4.74 Å². The summed E-state index contributed by atoms with van der Waals surface area (Å²) in [6.07, 6.45) is 1.94. The lowest BCUT2D eigenvalue weighted by molar-refractivity contribution is 0.0845. The van der Waals surface area contributed by atoms with E-state index in [9.17, 15) is 4.39 Å². The van der Waals surface area contributed by atoms with Crippen LogP contribution in [0.1, 0.15) is 24.5 Å². The molecule has 1 saturated heterocycles. The van der Waals surface area contributed by atoms with Gasteiger partial charge < -0.3 is 4.74 Å². The first-order chi connectivity index (χ1) is 8.74. The van der Waals surface area contributed by atoms with Gasteiger partial charge in [0.05, 0.1) is 0 Å². The van der Waals surface area contributed by atoms with E-state index in [1.54, 1.807) is 0 Å². The lowest BCUT2D eigenvalue weighted by Gasteiger charge is -2.21. The fourth-order valence-corrected chi connectivity index (χ4v) is 2.84. The second kappa shape index (κ2) is 4.94. The normalized spacial score (nSPS) is 17.2. The molecule has 0 aliphatic carbocycles. The van der Waals surface area contributed by atoms with Crippen LogP contribution in [-0.4, -0.2) is 18.2 Å². The minimum absolute atomic E-state index is 0.270. The average molecular weight is 310 g/mol. The summed E-state index contributed by atoms with van der Waals surface area (Å²) in [5, 5.41) is 0.831. The first-order valence-corrected chi connectivity index (χ1v) is 6.87. The summed E-state index contributed by atoms with van der Waals surface area (Å²) in [6, 6.07) is 7.30. The Bertz CT molecular complexity index is 581. The van der Waals surface area contributed by atoms with Crippen molar-refractivity contribution in [2.45, 2.75) is 18.8 Å². The molecule has 18 heavy (non-hydrogen) atoms. The van der Waals surface area contributed by atoms with Crippen molar-refractivity contribution in [3.05, 3.63) is 40.2 Å². The fraction of sp³-hybridized carbons (Fsp3) is 0.357. The summed E-state index contributed by atoms with van der Waals surface area (Å²) in [5.41, 5.74) is 1.44. The Morgan fingerprint density at radius 2 is 2.00 bits per heavy atom. The number of fused-ring (bicyclic) bond motifs is 1. The number of hydrogen-bond acceptors (Lipinski definition) is 2. The van der Waals surface area contributed by atoms with Gasteiger partial charge in [-0.1, -0.05) is 22.0 Å². The molecule has 2 heterocycles. The Balaban J connectivity index is 2.04. The van der Waals surface area contributed by atoms with Crippen molar-refractivity contribution in [1.82, 2.24) is 4.98 Å². The molecule has 2 aromatic rings. The molecule has 4 heteroatoms. The molecule has 3 rings (SSSR count). The number of ether oxygens (including phenoxy) is 1. The quantitative estimate of drug-likeness (QED) is 0.793. The van der Waals surface area contributed by atoms with Gasteiger partial charge in [-0.15, -0.1) is 0 Å². The minimum atomic E-state index is -0.270. The zero-order valence-corrected chi connectivity index (χ0v) is 11.4. The molecular formula is C14H13BrFNO. The van der Waals surface area contributed by atoms with E-state index in [4.69, 9.17) is 4.74 Å². The number of aromatic nitrogens is 1. The van der Waals surface area contributed by atoms with Gasteiger partial charge in [-0.3, -0.25) is 0 Å². The van der Waals surface area contributed by atoms with Crippen molar-refractivity contribution >= 4 is 26.8 Å². The maximum Gasteiger partial charge on any atom is 0.150 e. The van der Waals surface area contributed by atoms with Crippen LogP contribution in [0.25, 0.3) is 10.9 Å². The van der Waals surface area contributed by atoms with E-state index >= 15 is 0 Å². The van der Waals surface area contributed by atoms with Gasteiger partial charge in [0.2, 0.25) is 0 Å². The Hall–Kier alpha value is -1.00. The van der Waals surface area contributed by atoms with Crippen LogP contribution in [0.15, 0.2) is 28.7 Å². The predicted octanol–water partition coefficient (Wildman–Crippen LogP) is 4.03. The third-order valence-corrected chi connectivity index (χ3v) is 3.83. The first kappa shape index (κ1) is 12.1. The second-order valence-corrected chi connectivity index (χ2v) is 5.50. The van der Waals surface area contributed by atoms with E-state index in [0.29, 0.717) is 11.4 Å². The Morgan fingerprint density at radius 3 is 2.78 bits per heavy atom. The van der Waals surface area contributed by atoms with Crippen molar-refractivity contribution in [1.29, 1.82) is 0 Å². The minimum Gasteiger partial charge on any atom is -0.381 e. The van der Waals surface area contributed by atoms with E-state index in [2.05, 4.69) is 20.9 Å². The van der Waals surface area contributed by atoms with Gasteiger partial charge in [0, 0.05) is 34.7 Å². The standard InChI is InChI=1S/C14H13BrFNO/c15-11-7-10-1-2-13(9-3-5-18-6-4-9)17-14(10)12(16)8-11/h1-2,7-9H,3-6H2. The highest BCUT2D eigenvalue weighted by Gasteiger charge is 2.18. The van der Waals surface area contributed by atoms with Crippen molar-refractivity contribution in [2.24, 2.45) is 0 Å². The third-order valence-electron chi connectivity index (χ3n) is 3.37. The summed E-state index contributed by atoms with van der Waals surface area (Å²) < 4.78 is 20.0. The van der Waals surface area contributed by atoms with Gasteiger partial charge in [-0.05, 0) is 31.0 Å². The topological polar surface area (TPSA) is 22.1 Å². The zero-order chi connectivity index (χ0) is 12.5. The molecule has 1 aliphatic heterocycles. The van der Waals surface area contributed by atoms with Crippen molar-refractivity contribution in [3.63, 3.8) is 0 Å². The van der Waals surface area contributed by atoms with Crippen molar-refractivity contribution in [2.75, 3.05) is 13.2 Å². The molecule has 0 unspecified atom stereocenters. The smallest absolute Gasteiger partial charge is 0.150 e. The molecule has 0 bridgehead atoms. The largest absolute Gasteiger partial charge is 0.381 e. The van der Waals surface area contributed by atoms with Gasteiger partial charge >= 0.3 is 0 Å². The second-order valence-electron chi connectivity index (χ2n) is 4.58. The number of hydrogen-bond donors (Lipinski definition) is 0. The molecule has 2 nitrogen and oxygen atoms in total. The lowest BCUT2D eigenvalue weighted by Crippen LogP contribution is -2.15. The van der Waals surface area contributed by atoms with Crippen LogP contribution in [0.2, 0.25) is 0 Å². The highest BCUT2D eigenvalue weighted by Crippen LogP contribution is 2.28. The van der Waals surface area contributed by atoms with Crippen molar-refractivity contribution < 1.29 is 9.13 Å². The van der Waals surface area contributed by atoms with Crippen LogP contribution in [0.3, 0.4) is 0 Å². The number of nitrogens with zero attached hydrogens (tertiary/aromatic N) is 1. The lowest BCUT2D eigenvalue weighted by atomic mass is 9.95. The van der Waals surface area contributed by atoms with Crippen LogP contribution < -0.4 is 0 Å². The summed E-state index contributed by atoms with van der Waals surface area (Å²) in [6.45, 7) is 1.54. The average Bonchev–Trinajstić information content (AvgIpc) is 2.39. The summed E-state index contributed by atoms with van der Waals surface area (Å²) in [5.74, 6) is 0.125. The molecule has 0 radical (unpaired) electrons. The maximum absolute atomic E-state index is 13.9. The van der Waals surface area contributed by atoms with E-state index in [-0.39, 0.29) is 5.82 Å². The molecule has 94 valence electrons. The summed E-state index contributed by atoms with van der Waals surface area (Å²) in [7, 11) is 0. The SMILES string of the molecule is Fc1cc(Br)cc2ccc(C3CCOCC3)nc12. The highest BCUT2D eigenvalue weighted by atomic mass is 79.9. The predicted molar refractivity (Wildman–Crippen MR) is 72.2 cm³/mol. The van der Waals surface area contributed by atoms with Gasteiger partial charge in [-0.2, -0.15) is 0 Å². The molecule has 0 N–H and O–H groups in total. The van der Waals surface area contributed by atoms with Gasteiger partial charge in [-0.25, -0.2) is 9.37 Å². The van der Waals surface area contributed by atoms with Crippen LogP contribution >= 0.6 is 15.9 Å². The third kappa shape index (κ3) is 2.27. The molecule has 1 aromatic carbocycles. The van der Waals surface area contributed by atoms with Gasteiger partial charge in [0.1, 0.15) is 5.52 Å². The summed E-state index contributed by atoms with van der Waals surface area (Å²) in [4.78, 5) is 4.49. The highest BCUT2D eigenvalue weighted by molar-refractivity contribution is 9.10. The van der Waals surface area contributed by atoms with Crippen LogP contribution in [0.5, 0.6) is 0 Å². The van der Waals surface area contributed by atoms with E-state index in [0.717, 1.165) is 41.6 Å². The van der Waals surface area contributed by atoms with Gasteiger partial charge in [0.15, 0.2) is 5.82 Å². The number of halogens is 2. The molecule has 0 spiro atoms. The van der Waals surface area contributed by atoms with E-state index < -0.39 is 0 Å². The first-order valence-electron chi connectivity index (χ1n) is 6.07. The monoisotopic (exact) mass is 309 g/mol. The van der Waals surface area contributed by atoms with E-state index in [1.165, 1.54) is 6.07 Å². The van der Waals surface area contributed by atoms with Gasteiger partial charge in [0.25, 0.3) is 0 Å². The van der Waals surface area contributed by atoms with Crippen LogP contribution in [0, 0.1) is 5.82 Å². The number of benzene rings is 1. The maximum atomic E-state index is 13.9. The van der Waals surface area contributed by atoms with Crippen LogP contribution in [0.4, 0.5) is 4.39 Å². The molecular weight excluding hydrogens is 297 g/mol. The molecule has 1 fully saturated rings. The number of pyridine rings is 1. The molecule has 0 amide bonds. The fourth-order valence-electron chi connectivity index (χ4n) is 2.39. The van der Waals surface area contributed by atoms with E-state index in [1.807, 2.05) is 18.2 Å².